The largest absolute Gasteiger partial charge is 0.375 e. The van der Waals surface area contributed by atoms with E-state index in [4.69, 9.17) is 5.73 Å². The summed E-state index contributed by atoms with van der Waals surface area (Å²) in [6, 6.07) is -0.525. The molecule has 2 amide bonds. The fraction of sp³-hybridized carbons (Fsp3) is 0.167. The second-order valence-electron chi connectivity index (χ2n) is 2.05. The van der Waals surface area contributed by atoms with Gasteiger partial charge in [-0.3, -0.25) is 0 Å². The topological polar surface area (TPSA) is 67.2 Å². The summed E-state index contributed by atoms with van der Waals surface area (Å²) in [5.41, 5.74) is 5.71. The smallest absolute Gasteiger partial charge is 0.316 e. The Kier molecular flexibility index (Phi) is 2.75. The highest BCUT2D eigenvalue weighted by molar-refractivity contribution is 14.1. The maximum atomic E-state index is 10.4. The van der Waals surface area contributed by atoms with E-state index >= 15 is 0 Å². The van der Waals surface area contributed by atoms with Crippen molar-refractivity contribution in [1.29, 1.82) is 0 Å². The molecule has 0 aromatic carbocycles. The van der Waals surface area contributed by atoms with Crippen LogP contribution in [-0.2, 0) is 0 Å². The van der Waals surface area contributed by atoms with Crippen molar-refractivity contribution in [3.05, 3.63) is 21.6 Å². The number of carbonyl (C=O) groups excluding carboxylic acids is 1. The van der Waals surface area contributed by atoms with Gasteiger partial charge in [-0.15, -0.1) is 0 Å². The minimum absolute atomic E-state index is 0.525. The van der Waals surface area contributed by atoms with Crippen LogP contribution < -0.4 is 16.4 Å². The summed E-state index contributed by atoms with van der Waals surface area (Å²) in [5, 5.41) is 5.54. The molecule has 4 nitrogen and oxygen atoms in total. The van der Waals surface area contributed by atoms with E-state index in [1.54, 1.807) is 0 Å². The highest BCUT2D eigenvalue weighted by atomic mass is 127. The first kappa shape index (κ1) is 8.38. The quantitative estimate of drug-likeness (QED) is 0.475. The van der Waals surface area contributed by atoms with Crippen molar-refractivity contribution in [2.24, 2.45) is 5.73 Å². The number of amides is 2. The number of allylic oxidation sites excluding steroid dienone is 2. The minimum Gasteiger partial charge on any atom is -0.375 e. The number of urea groups is 1. The highest BCUT2D eigenvalue weighted by Crippen LogP contribution is 2.06. The molecule has 0 fully saturated rings. The molecule has 0 unspecified atom stereocenters. The molecular formula is C6H8IN3O. The normalized spacial score (nSPS) is 16.1. The van der Waals surface area contributed by atoms with Crippen LogP contribution in [0, 0.1) is 0 Å². The molecule has 0 saturated carbocycles. The van der Waals surface area contributed by atoms with Crippen molar-refractivity contribution >= 4 is 28.6 Å². The van der Waals surface area contributed by atoms with Gasteiger partial charge in [0.05, 0.1) is 10.2 Å². The van der Waals surface area contributed by atoms with E-state index in [0.717, 1.165) is 9.40 Å². The SMILES string of the molecule is NC(=O)NC1=CC=C(I)NC1. The van der Waals surface area contributed by atoms with E-state index in [1.807, 2.05) is 12.2 Å². The lowest BCUT2D eigenvalue weighted by Gasteiger charge is -2.12. The second kappa shape index (κ2) is 3.61. The van der Waals surface area contributed by atoms with Gasteiger partial charge in [0, 0.05) is 5.70 Å². The molecule has 1 aliphatic rings. The van der Waals surface area contributed by atoms with E-state index in [0.29, 0.717) is 6.54 Å². The van der Waals surface area contributed by atoms with Crippen LogP contribution in [0.1, 0.15) is 0 Å². The van der Waals surface area contributed by atoms with Gasteiger partial charge in [0.2, 0.25) is 0 Å². The van der Waals surface area contributed by atoms with E-state index in [9.17, 15) is 4.79 Å². The summed E-state index contributed by atoms with van der Waals surface area (Å²) in [5.74, 6) is 0. The van der Waals surface area contributed by atoms with Gasteiger partial charge in [-0.25, -0.2) is 4.79 Å². The fourth-order valence-electron chi connectivity index (χ4n) is 0.715. The van der Waals surface area contributed by atoms with Crippen molar-refractivity contribution in [1.82, 2.24) is 10.6 Å². The number of hydrogen-bond acceptors (Lipinski definition) is 2. The molecule has 0 spiro atoms. The summed E-state index contributed by atoms with van der Waals surface area (Å²) in [7, 11) is 0. The summed E-state index contributed by atoms with van der Waals surface area (Å²) in [6.07, 6.45) is 3.69. The average Bonchev–Trinajstić information content (AvgIpc) is 1.93. The maximum Gasteiger partial charge on any atom is 0.316 e. The molecule has 5 heteroatoms. The number of halogens is 1. The van der Waals surface area contributed by atoms with Gasteiger partial charge < -0.3 is 16.4 Å². The molecule has 0 aromatic heterocycles. The summed E-state index contributed by atoms with van der Waals surface area (Å²) >= 11 is 2.16. The number of nitrogens with one attached hydrogen (secondary N) is 2. The zero-order valence-corrected chi connectivity index (χ0v) is 7.88. The third-order valence-corrected chi connectivity index (χ3v) is 1.90. The van der Waals surface area contributed by atoms with E-state index in [2.05, 4.69) is 33.2 Å². The highest BCUT2D eigenvalue weighted by Gasteiger charge is 2.03. The van der Waals surface area contributed by atoms with Crippen LogP contribution in [0.4, 0.5) is 4.79 Å². The Bertz CT molecular complexity index is 234. The number of dihydropyridines is 1. The fourth-order valence-corrected chi connectivity index (χ4v) is 1.09. The average molecular weight is 265 g/mol. The maximum absolute atomic E-state index is 10.4. The molecule has 60 valence electrons. The Labute approximate surface area is 78.0 Å². The first-order valence-corrected chi connectivity index (χ1v) is 4.13. The first-order chi connectivity index (χ1) is 5.18. The van der Waals surface area contributed by atoms with Crippen LogP contribution in [0.3, 0.4) is 0 Å². The number of rotatable bonds is 1. The van der Waals surface area contributed by atoms with Gasteiger partial charge in [0.15, 0.2) is 0 Å². The molecule has 0 aromatic rings. The summed E-state index contributed by atoms with van der Waals surface area (Å²) < 4.78 is 1.05. The van der Waals surface area contributed by atoms with Crippen molar-refractivity contribution in [2.45, 2.75) is 0 Å². The molecule has 0 atom stereocenters. The van der Waals surface area contributed by atoms with Crippen molar-refractivity contribution in [3.8, 4) is 0 Å². The number of primary amides is 1. The third-order valence-electron chi connectivity index (χ3n) is 1.16. The third kappa shape index (κ3) is 2.79. The monoisotopic (exact) mass is 265 g/mol. The van der Waals surface area contributed by atoms with Crippen LogP contribution in [-0.4, -0.2) is 12.6 Å². The molecule has 4 N–H and O–H groups in total. The van der Waals surface area contributed by atoms with Gasteiger partial charge in [0.1, 0.15) is 0 Å². The van der Waals surface area contributed by atoms with E-state index in [-0.39, 0.29) is 0 Å². The lowest BCUT2D eigenvalue weighted by molar-refractivity contribution is 0.251. The van der Waals surface area contributed by atoms with Crippen molar-refractivity contribution in [3.63, 3.8) is 0 Å². The lowest BCUT2D eigenvalue weighted by atomic mass is 10.3. The zero-order chi connectivity index (χ0) is 8.27. The van der Waals surface area contributed by atoms with Crippen LogP contribution in [0.15, 0.2) is 21.6 Å². The molecule has 1 heterocycles. The molecule has 1 aliphatic heterocycles. The molecule has 0 saturated heterocycles. The molecule has 0 aliphatic carbocycles. The van der Waals surface area contributed by atoms with Gasteiger partial charge in [0.25, 0.3) is 0 Å². The van der Waals surface area contributed by atoms with Gasteiger partial charge in [-0.05, 0) is 34.7 Å². The van der Waals surface area contributed by atoms with Crippen molar-refractivity contribution in [2.75, 3.05) is 6.54 Å². The molecule has 1 rings (SSSR count). The second-order valence-corrected chi connectivity index (χ2v) is 3.21. The van der Waals surface area contributed by atoms with Crippen LogP contribution >= 0.6 is 22.6 Å². The number of hydrogen-bond donors (Lipinski definition) is 3. The number of carbonyl (C=O) groups is 1. The summed E-state index contributed by atoms with van der Waals surface area (Å²) in [6.45, 7) is 0.623. The minimum atomic E-state index is -0.525. The molecule has 0 bridgehead atoms. The molecular weight excluding hydrogens is 257 g/mol. The molecule has 11 heavy (non-hydrogen) atoms. The Hall–Kier alpha value is -0.720. The Morgan fingerprint density at radius 1 is 1.73 bits per heavy atom. The van der Waals surface area contributed by atoms with Crippen LogP contribution in [0.5, 0.6) is 0 Å². The zero-order valence-electron chi connectivity index (χ0n) is 5.73. The van der Waals surface area contributed by atoms with Gasteiger partial charge in [-0.1, -0.05) is 0 Å². The van der Waals surface area contributed by atoms with E-state index < -0.39 is 6.03 Å². The first-order valence-electron chi connectivity index (χ1n) is 3.05. The predicted molar refractivity (Wildman–Crippen MR) is 50.9 cm³/mol. The van der Waals surface area contributed by atoms with E-state index in [1.165, 1.54) is 0 Å². The van der Waals surface area contributed by atoms with Crippen molar-refractivity contribution < 1.29 is 4.79 Å². The van der Waals surface area contributed by atoms with Crippen LogP contribution in [0.2, 0.25) is 0 Å². The molecule has 0 radical (unpaired) electrons. The van der Waals surface area contributed by atoms with Gasteiger partial charge >= 0.3 is 6.03 Å². The Morgan fingerprint density at radius 2 is 2.45 bits per heavy atom. The standard InChI is InChI=1S/C6H8IN3O/c7-5-2-1-4(3-9-5)10-6(8)11/h1-2,9H,3H2,(H3,8,10,11). The Morgan fingerprint density at radius 3 is 2.91 bits per heavy atom. The van der Waals surface area contributed by atoms with Gasteiger partial charge in [-0.2, -0.15) is 0 Å². The number of nitrogens with two attached hydrogens (primary N) is 1. The predicted octanol–water partition coefficient (Wildman–Crippen LogP) is 0.418. The summed E-state index contributed by atoms with van der Waals surface area (Å²) in [4.78, 5) is 10.4. The lowest BCUT2D eigenvalue weighted by Crippen LogP contribution is -2.34. The van der Waals surface area contributed by atoms with Crippen LogP contribution in [0.25, 0.3) is 0 Å². The Balaban J connectivity index is 2.54.